The largest absolute Gasteiger partial charge is 0.374 e. The van der Waals surface area contributed by atoms with Crippen LogP contribution in [-0.4, -0.2) is 32.2 Å². The second kappa shape index (κ2) is 7.05. The van der Waals surface area contributed by atoms with Gasteiger partial charge in [0.05, 0.1) is 25.9 Å². The zero-order valence-electron chi connectivity index (χ0n) is 10.9. The monoisotopic (exact) mass is 228 g/mol. The van der Waals surface area contributed by atoms with Gasteiger partial charge in [-0.3, -0.25) is 0 Å². The molecule has 0 aliphatic carbocycles. The molecular weight excluding hydrogens is 204 g/mol. The van der Waals surface area contributed by atoms with Crippen molar-refractivity contribution < 1.29 is 14.2 Å². The molecule has 0 N–H and O–H groups in total. The molecule has 0 aromatic carbocycles. The van der Waals surface area contributed by atoms with Crippen molar-refractivity contribution in [2.75, 3.05) is 19.8 Å². The van der Waals surface area contributed by atoms with E-state index in [2.05, 4.69) is 26.8 Å². The van der Waals surface area contributed by atoms with Crippen molar-refractivity contribution in [3.63, 3.8) is 0 Å². The highest BCUT2D eigenvalue weighted by atomic mass is 16.7. The van der Waals surface area contributed by atoms with Crippen LogP contribution in [0.2, 0.25) is 0 Å². The molecule has 0 radical (unpaired) electrons. The van der Waals surface area contributed by atoms with Gasteiger partial charge in [0.15, 0.2) is 6.29 Å². The van der Waals surface area contributed by atoms with E-state index in [1.807, 2.05) is 6.92 Å². The van der Waals surface area contributed by atoms with Gasteiger partial charge in [-0.2, -0.15) is 0 Å². The first-order valence-electron chi connectivity index (χ1n) is 6.08. The zero-order valence-corrected chi connectivity index (χ0v) is 10.9. The van der Waals surface area contributed by atoms with Crippen LogP contribution in [0, 0.1) is 5.92 Å². The summed E-state index contributed by atoms with van der Waals surface area (Å²) in [6.07, 6.45) is 3.80. The van der Waals surface area contributed by atoms with Crippen LogP contribution in [0.4, 0.5) is 0 Å². The van der Waals surface area contributed by atoms with Crippen molar-refractivity contribution in [3.8, 4) is 0 Å². The Morgan fingerprint density at radius 1 is 1.06 bits per heavy atom. The van der Waals surface area contributed by atoms with Gasteiger partial charge >= 0.3 is 0 Å². The smallest absolute Gasteiger partial charge is 0.154 e. The lowest BCUT2D eigenvalue weighted by Crippen LogP contribution is -2.27. The fourth-order valence-electron chi connectivity index (χ4n) is 1.46. The second-order valence-corrected chi connectivity index (χ2v) is 4.75. The zero-order chi connectivity index (χ0) is 12.0. The summed E-state index contributed by atoms with van der Waals surface area (Å²) in [6, 6.07) is 0. The lowest BCUT2D eigenvalue weighted by molar-refractivity contribution is -0.187. The minimum Gasteiger partial charge on any atom is -0.374 e. The Hall–Kier alpha value is -0.380. The van der Waals surface area contributed by atoms with Crippen LogP contribution in [0.1, 0.15) is 34.1 Å². The normalized spacial score (nSPS) is 34.8. The molecule has 0 aromatic heterocycles. The van der Waals surface area contributed by atoms with Gasteiger partial charge in [-0.25, -0.2) is 0 Å². The Morgan fingerprint density at radius 3 is 2.06 bits per heavy atom. The first-order chi connectivity index (χ1) is 7.58. The Labute approximate surface area is 98.8 Å². The van der Waals surface area contributed by atoms with Gasteiger partial charge in [0.2, 0.25) is 0 Å². The molecule has 0 aromatic rings. The van der Waals surface area contributed by atoms with E-state index in [0.29, 0.717) is 12.0 Å². The average Bonchev–Trinajstić information content (AvgIpc) is 2.28. The lowest BCUT2D eigenvalue weighted by atomic mass is 10.1. The standard InChI is InChI=1S/C7H12O.C6H12O2/c1-6-3-4-7(2)8-5-6;1-5-3-7-6(2)8-4-5/h3,7H,4-5H2,1-2H3;5-6H,3-4H2,1-2H3. The predicted molar refractivity (Wildman–Crippen MR) is 64.3 cm³/mol. The molecule has 2 aliphatic rings. The van der Waals surface area contributed by atoms with E-state index in [0.717, 1.165) is 26.2 Å². The van der Waals surface area contributed by atoms with Crippen LogP contribution in [0.5, 0.6) is 0 Å². The third-order valence-electron chi connectivity index (χ3n) is 2.62. The van der Waals surface area contributed by atoms with Gasteiger partial charge in [0, 0.05) is 5.92 Å². The van der Waals surface area contributed by atoms with Crippen LogP contribution in [0.3, 0.4) is 0 Å². The molecular formula is C13H24O3. The van der Waals surface area contributed by atoms with Crippen LogP contribution in [0.15, 0.2) is 11.6 Å². The Kier molecular flexibility index (Phi) is 6.03. The third-order valence-corrected chi connectivity index (χ3v) is 2.62. The van der Waals surface area contributed by atoms with Gasteiger partial charge in [-0.05, 0) is 27.2 Å². The van der Waals surface area contributed by atoms with Crippen LogP contribution >= 0.6 is 0 Å². The fourth-order valence-corrected chi connectivity index (χ4v) is 1.46. The minimum atomic E-state index is 0.0196. The molecule has 3 nitrogen and oxygen atoms in total. The van der Waals surface area contributed by atoms with Crippen LogP contribution in [0.25, 0.3) is 0 Å². The van der Waals surface area contributed by atoms with Crippen molar-refractivity contribution in [1.82, 2.24) is 0 Å². The summed E-state index contributed by atoms with van der Waals surface area (Å²) in [7, 11) is 0. The van der Waals surface area contributed by atoms with Crippen molar-refractivity contribution >= 4 is 0 Å². The molecule has 94 valence electrons. The number of hydrogen-bond acceptors (Lipinski definition) is 3. The Bertz CT molecular complexity index is 207. The quantitative estimate of drug-likeness (QED) is 0.597. The summed E-state index contributed by atoms with van der Waals surface area (Å²) in [4.78, 5) is 0. The Morgan fingerprint density at radius 2 is 1.69 bits per heavy atom. The van der Waals surface area contributed by atoms with Crippen molar-refractivity contribution in [3.05, 3.63) is 11.6 Å². The second-order valence-electron chi connectivity index (χ2n) is 4.75. The molecule has 2 heterocycles. The average molecular weight is 228 g/mol. The molecule has 2 rings (SSSR count). The summed E-state index contributed by atoms with van der Waals surface area (Å²) in [5.41, 5.74) is 1.36. The van der Waals surface area contributed by atoms with Gasteiger partial charge in [-0.1, -0.05) is 18.6 Å². The van der Waals surface area contributed by atoms with E-state index >= 15 is 0 Å². The van der Waals surface area contributed by atoms with Crippen LogP contribution < -0.4 is 0 Å². The molecule has 0 spiro atoms. The first kappa shape index (κ1) is 13.7. The van der Waals surface area contributed by atoms with E-state index in [1.165, 1.54) is 5.57 Å². The number of hydrogen-bond donors (Lipinski definition) is 0. The maximum atomic E-state index is 5.32. The van der Waals surface area contributed by atoms with E-state index < -0.39 is 0 Å². The highest BCUT2D eigenvalue weighted by molar-refractivity contribution is 5.01. The summed E-state index contributed by atoms with van der Waals surface area (Å²) >= 11 is 0. The van der Waals surface area contributed by atoms with E-state index in [1.54, 1.807) is 0 Å². The molecule has 1 fully saturated rings. The maximum Gasteiger partial charge on any atom is 0.154 e. The topological polar surface area (TPSA) is 27.7 Å². The minimum absolute atomic E-state index is 0.0196. The van der Waals surface area contributed by atoms with Crippen LogP contribution in [-0.2, 0) is 14.2 Å². The molecule has 0 saturated carbocycles. The summed E-state index contributed by atoms with van der Waals surface area (Å²) in [6.45, 7) is 10.8. The van der Waals surface area contributed by atoms with Gasteiger partial charge in [0.1, 0.15) is 0 Å². The predicted octanol–water partition coefficient (Wildman–Crippen LogP) is 2.76. The van der Waals surface area contributed by atoms with Gasteiger partial charge in [0.25, 0.3) is 0 Å². The van der Waals surface area contributed by atoms with Crippen molar-refractivity contribution in [2.24, 2.45) is 5.92 Å². The van der Waals surface area contributed by atoms with Crippen molar-refractivity contribution in [2.45, 2.75) is 46.5 Å². The molecule has 0 amide bonds. The highest BCUT2D eigenvalue weighted by Gasteiger charge is 2.13. The summed E-state index contributed by atoms with van der Waals surface area (Å²) in [5, 5.41) is 0. The molecule has 3 heteroatoms. The maximum absolute atomic E-state index is 5.32. The third kappa shape index (κ3) is 5.64. The molecule has 1 saturated heterocycles. The molecule has 1 unspecified atom stereocenters. The molecule has 16 heavy (non-hydrogen) atoms. The SMILES string of the molecule is CC1=CCC(C)OC1.CC1COC(C)OC1. The van der Waals surface area contributed by atoms with E-state index in [9.17, 15) is 0 Å². The summed E-state index contributed by atoms with van der Waals surface area (Å²) in [5.74, 6) is 0.575. The first-order valence-corrected chi connectivity index (χ1v) is 6.08. The van der Waals surface area contributed by atoms with Gasteiger partial charge in [-0.15, -0.1) is 0 Å². The van der Waals surface area contributed by atoms with E-state index in [-0.39, 0.29) is 6.29 Å². The van der Waals surface area contributed by atoms with Crippen molar-refractivity contribution in [1.29, 1.82) is 0 Å². The molecule has 1 atom stereocenters. The van der Waals surface area contributed by atoms with E-state index in [4.69, 9.17) is 14.2 Å². The Balaban J connectivity index is 0.000000160. The fraction of sp³-hybridized carbons (Fsp3) is 0.846. The van der Waals surface area contributed by atoms with Gasteiger partial charge < -0.3 is 14.2 Å². The summed E-state index contributed by atoms with van der Waals surface area (Å²) < 4.78 is 15.7. The highest BCUT2D eigenvalue weighted by Crippen LogP contribution is 2.10. The molecule has 0 bridgehead atoms. The molecule has 2 aliphatic heterocycles. The lowest BCUT2D eigenvalue weighted by Gasteiger charge is -2.24. The number of rotatable bonds is 0. The number of ether oxygens (including phenoxy) is 3.